The number of para-hydroxylation sites is 1. The van der Waals surface area contributed by atoms with Gasteiger partial charge in [-0.2, -0.15) is 0 Å². The van der Waals surface area contributed by atoms with Gasteiger partial charge in [0.25, 0.3) is 0 Å². The highest BCUT2D eigenvalue weighted by molar-refractivity contribution is 5.65. The predicted molar refractivity (Wildman–Crippen MR) is 81.7 cm³/mol. The van der Waals surface area contributed by atoms with Crippen LogP contribution < -0.4 is 4.74 Å². The Morgan fingerprint density at radius 3 is 2.82 bits per heavy atom. The van der Waals surface area contributed by atoms with Gasteiger partial charge in [0.2, 0.25) is 0 Å². The highest BCUT2D eigenvalue weighted by Crippen LogP contribution is 2.27. The van der Waals surface area contributed by atoms with E-state index in [-0.39, 0.29) is 0 Å². The molecule has 2 heterocycles. The zero-order valence-corrected chi connectivity index (χ0v) is 12.9. The van der Waals surface area contributed by atoms with Gasteiger partial charge in [0, 0.05) is 12.0 Å². The van der Waals surface area contributed by atoms with Gasteiger partial charge in [-0.1, -0.05) is 24.3 Å². The van der Waals surface area contributed by atoms with Crippen molar-refractivity contribution in [1.29, 1.82) is 0 Å². The Balaban J connectivity index is 1.86. The van der Waals surface area contributed by atoms with Crippen molar-refractivity contribution in [2.75, 3.05) is 7.11 Å². The van der Waals surface area contributed by atoms with Crippen LogP contribution in [0.5, 0.6) is 5.75 Å². The molecule has 6 nitrogen and oxygen atoms in total. The zero-order valence-electron chi connectivity index (χ0n) is 12.9. The lowest BCUT2D eigenvalue weighted by atomic mass is 10.1. The largest absolute Gasteiger partial charge is 0.496 e. The van der Waals surface area contributed by atoms with Crippen molar-refractivity contribution in [3.8, 4) is 17.0 Å². The molecule has 0 aliphatic heterocycles. The third-order valence-electron chi connectivity index (χ3n) is 3.47. The number of hydrogen-bond acceptors (Lipinski definition) is 5. The minimum atomic E-state index is 0.515. The smallest absolute Gasteiger partial charge is 0.194 e. The lowest BCUT2D eigenvalue weighted by molar-refractivity contribution is 0.416. The normalized spacial score (nSPS) is 10.9. The van der Waals surface area contributed by atoms with Gasteiger partial charge in [0.1, 0.15) is 23.7 Å². The van der Waals surface area contributed by atoms with Gasteiger partial charge >= 0.3 is 0 Å². The number of rotatable bonds is 5. The molecule has 0 N–H and O–H groups in total. The Morgan fingerprint density at radius 1 is 1.27 bits per heavy atom. The number of benzene rings is 1. The van der Waals surface area contributed by atoms with Crippen molar-refractivity contribution in [2.45, 2.75) is 26.8 Å². The molecule has 3 aromatic rings. The van der Waals surface area contributed by atoms with Crippen LogP contribution in [-0.2, 0) is 13.0 Å². The summed E-state index contributed by atoms with van der Waals surface area (Å²) in [5, 5.41) is 8.38. The molecule has 22 heavy (non-hydrogen) atoms. The van der Waals surface area contributed by atoms with Crippen molar-refractivity contribution in [3.05, 3.63) is 47.8 Å². The fourth-order valence-corrected chi connectivity index (χ4v) is 2.29. The van der Waals surface area contributed by atoms with Gasteiger partial charge in [-0.3, -0.25) is 0 Å². The lowest BCUT2D eigenvalue weighted by Gasteiger charge is -2.04. The monoisotopic (exact) mass is 298 g/mol. The number of nitrogens with zero attached hydrogens (tertiary/aromatic N) is 4. The van der Waals surface area contributed by atoms with Crippen LogP contribution in [0, 0.1) is 6.92 Å². The molecular weight excluding hydrogens is 280 g/mol. The first-order chi connectivity index (χ1) is 10.7. The van der Waals surface area contributed by atoms with Gasteiger partial charge in [0.05, 0.1) is 19.0 Å². The molecule has 0 aliphatic rings. The van der Waals surface area contributed by atoms with E-state index in [4.69, 9.17) is 9.15 Å². The maximum atomic E-state index is 5.70. The van der Waals surface area contributed by atoms with Gasteiger partial charge in [-0.15, -0.1) is 5.10 Å². The molecular formula is C16H18N4O2. The molecule has 2 aromatic heterocycles. The predicted octanol–water partition coefficient (Wildman–Crippen LogP) is 2.86. The fourth-order valence-electron chi connectivity index (χ4n) is 2.29. The molecule has 0 bridgehead atoms. The number of oxazole rings is 1. The van der Waals surface area contributed by atoms with Crippen LogP contribution in [0.3, 0.4) is 0 Å². The quantitative estimate of drug-likeness (QED) is 0.724. The highest BCUT2D eigenvalue weighted by atomic mass is 16.5. The Labute approximate surface area is 128 Å². The molecule has 114 valence electrons. The van der Waals surface area contributed by atoms with Crippen LogP contribution in [-0.4, -0.2) is 27.1 Å². The van der Waals surface area contributed by atoms with Gasteiger partial charge in [-0.25, -0.2) is 9.67 Å². The second-order valence-corrected chi connectivity index (χ2v) is 4.97. The van der Waals surface area contributed by atoms with Crippen LogP contribution in [0.1, 0.15) is 24.3 Å². The number of methoxy groups -OCH3 is 1. The molecule has 0 fully saturated rings. The number of ether oxygens (including phenoxy) is 1. The van der Waals surface area contributed by atoms with E-state index < -0.39 is 0 Å². The summed E-state index contributed by atoms with van der Waals surface area (Å²) in [6.45, 7) is 4.47. The molecule has 1 aromatic carbocycles. The summed E-state index contributed by atoms with van der Waals surface area (Å²) in [6, 6.07) is 7.74. The van der Waals surface area contributed by atoms with Crippen LogP contribution in [0.4, 0.5) is 0 Å². The van der Waals surface area contributed by atoms with E-state index in [0.29, 0.717) is 6.54 Å². The molecule has 0 spiro atoms. The molecule has 0 aliphatic carbocycles. The average Bonchev–Trinajstić information content (AvgIpc) is 3.15. The average molecular weight is 298 g/mol. The summed E-state index contributed by atoms with van der Waals surface area (Å²) >= 11 is 0. The van der Waals surface area contributed by atoms with E-state index in [2.05, 4.69) is 15.3 Å². The molecule has 6 heteroatoms. The van der Waals surface area contributed by atoms with E-state index in [1.165, 1.54) is 0 Å². The minimum absolute atomic E-state index is 0.515. The summed E-state index contributed by atoms with van der Waals surface area (Å²) in [6.07, 6.45) is 2.66. The number of aryl methyl sites for hydroxylation is 2. The third kappa shape index (κ3) is 2.72. The van der Waals surface area contributed by atoms with Crippen LogP contribution in [0.15, 0.2) is 34.9 Å². The van der Waals surface area contributed by atoms with Crippen molar-refractivity contribution < 1.29 is 9.15 Å². The Morgan fingerprint density at radius 2 is 2.09 bits per heavy atom. The standard InChI is InChI=1S/C16H18N4O2/c1-4-16-17-11(2)15(22-16)10-20-9-13(18-19-20)12-7-5-6-8-14(12)21-3/h5-9H,4,10H2,1-3H3. The summed E-state index contributed by atoms with van der Waals surface area (Å²) in [7, 11) is 1.65. The second kappa shape index (κ2) is 6.01. The van der Waals surface area contributed by atoms with Crippen molar-refractivity contribution >= 4 is 0 Å². The Bertz CT molecular complexity index is 776. The topological polar surface area (TPSA) is 66.0 Å². The van der Waals surface area contributed by atoms with Crippen LogP contribution in [0.2, 0.25) is 0 Å². The first-order valence-electron chi connectivity index (χ1n) is 7.20. The summed E-state index contributed by atoms with van der Waals surface area (Å²) in [5.74, 6) is 2.34. The van der Waals surface area contributed by atoms with Gasteiger partial charge in [-0.05, 0) is 19.1 Å². The second-order valence-electron chi connectivity index (χ2n) is 4.97. The van der Waals surface area contributed by atoms with Gasteiger partial charge < -0.3 is 9.15 Å². The number of aromatic nitrogens is 4. The summed E-state index contributed by atoms with van der Waals surface area (Å²) in [5.41, 5.74) is 2.58. The first kappa shape index (κ1) is 14.3. The first-order valence-corrected chi connectivity index (χ1v) is 7.20. The Kier molecular flexibility index (Phi) is 3.91. The van der Waals surface area contributed by atoms with Crippen molar-refractivity contribution in [1.82, 2.24) is 20.0 Å². The molecule has 0 saturated carbocycles. The maximum absolute atomic E-state index is 5.70. The van der Waals surface area contributed by atoms with E-state index in [1.54, 1.807) is 11.8 Å². The SMILES string of the molecule is CCc1nc(C)c(Cn2cc(-c3ccccc3OC)nn2)o1. The molecule has 0 radical (unpaired) electrons. The van der Waals surface area contributed by atoms with Crippen LogP contribution >= 0.6 is 0 Å². The van der Waals surface area contributed by atoms with E-state index in [9.17, 15) is 0 Å². The van der Waals surface area contributed by atoms with Crippen molar-refractivity contribution in [3.63, 3.8) is 0 Å². The van der Waals surface area contributed by atoms with Crippen molar-refractivity contribution in [2.24, 2.45) is 0 Å². The van der Waals surface area contributed by atoms with Crippen LogP contribution in [0.25, 0.3) is 11.3 Å². The minimum Gasteiger partial charge on any atom is -0.496 e. The van der Waals surface area contributed by atoms with E-state index >= 15 is 0 Å². The van der Waals surface area contributed by atoms with E-state index in [0.717, 1.165) is 40.8 Å². The number of hydrogen-bond donors (Lipinski definition) is 0. The molecule has 0 atom stereocenters. The third-order valence-corrected chi connectivity index (χ3v) is 3.47. The lowest BCUT2D eigenvalue weighted by Crippen LogP contribution is -2.00. The zero-order chi connectivity index (χ0) is 15.5. The molecule has 0 amide bonds. The summed E-state index contributed by atoms with van der Waals surface area (Å²) in [4.78, 5) is 4.37. The fraction of sp³-hybridized carbons (Fsp3) is 0.312. The molecule has 0 saturated heterocycles. The Hall–Kier alpha value is -2.63. The molecule has 3 rings (SSSR count). The molecule has 0 unspecified atom stereocenters. The highest BCUT2D eigenvalue weighted by Gasteiger charge is 2.12. The summed E-state index contributed by atoms with van der Waals surface area (Å²) < 4.78 is 12.8. The maximum Gasteiger partial charge on any atom is 0.194 e. The van der Waals surface area contributed by atoms with E-state index in [1.807, 2.05) is 44.3 Å². The van der Waals surface area contributed by atoms with Gasteiger partial charge in [0.15, 0.2) is 5.89 Å².